The van der Waals surface area contributed by atoms with Crippen LogP contribution < -0.4 is 5.32 Å². The molecule has 0 aromatic carbocycles. The first-order valence-corrected chi connectivity index (χ1v) is 8.01. The molecule has 136 valence electrons. The maximum atomic E-state index is 12.6. The topological polar surface area (TPSA) is 59.4 Å². The Hall–Kier alpha value is -1.77. The molecular formula is C15H23F3N4O2. The third kappa shape index (κ3) is 4.62. The molecule has 1 atom stereocenters. The van der Waals surface area contributed by atoms with E-state index in [1.807, 2.05) is 6.92 Å². The molecule has 2 amide bonds. The van der Waals surface area contributed by atoms with E-state index in [2.05, 4.69) is 10.4 Å². The molecule has 1 saturated heterocycles. The number of aromatic nitrogens is 2. The minimum Gasteiger partial charge on any atom is -0.383 e. The number of ether oxygens (including phenoxy) is 1. The molecule has 0 bridgehead atoms. The Morgan fingerprint density at radius 3 is 2.62 bits per heavy atom. The quantitative estimate of drug-likeness (QED) is 0.890. The van der Waals surface area contributed by atoms with Crippen molar-refractivity contribution in [3.8, 4) is 0 Å². The molecule has 0 saturated carbocycles. The van der Waals surface area contributed by atoms with Crippen LogP contribution in [0, 0.1) is 0 Å². The van der Waals surface area contributed by atoms with Gasteiger partial charge in [0.25, 0.3) is 0 Å². The second kappa shape index (κ2) is 7.87. The highest BCUT2D eigenvalue weighted by Crippen LogP contribution is 2.29. The van der Waals surface area contributed by atoms with Gasteiger partial charge in [-0.3, -0.25) is 4.68 Å². The number of carbonyl (C=O) groups excluding carboxylic acids is 1. The average molecular weight is 348 g/mol. The maximum Gasteiger partial charge on any atom is 0.435 e. The average Bonchev–Trinajstić information content (AvgIpc) is 3.04. The maximum absolute atomic E-state index is 12.6. The van der Waals surface area contributed by atoms with Crippen molar-refractivity contribution in [3.63, 3.8) is 0 Å². The molecule has 1 N–H and O–H groups in total. The molecule has 0 spiro atoms. The number of carbonyl (C=O) groups is 1. The molecule has 9 heteroatoms. The van der Waals surface area contributed by atoms with E-state index in [4.69, 9.17) is 4.74 Å². The largest absolute Gasteiger partial charge is 0.435 e. The lowest BCUT2D eigenvalue weighted by Crippen LogP contribution is -2.49. The first kappa shape index (κ1) is 18.6. The zero-order valence-corrected chi connectivity index (χ0v) is 13.8. The Morgan fingerprint density at radius 2 is 2.12 bits per heavy atom. The number of amides is 2. The second-order valence-corrected chi connectivity index (χ2v) is 5.91. The van der Waals surface area contributed by atoms with E-state index < -0.39 is 11.9 Å². The van der Waals surface area contributed by atoms with Gasteiger partial charge >= 0.3 is 12.2 Å². The smallest absolute Gasteiger partial charge is 0.383 e. The van der Waals surface area contributed by atoms with Gasteiger partial charge in [0.2, 0.25) is 0 Å². The van der Waals surface area contributed by atoms with Crippen LogP contribution in [-0.4, -0.2) is 53.6 Å². The standard InChI is InChI=1S/C15H23F3N4O2/c1-3-11(10-24-2)19-14(23)21-7-4-12(5-8-21)22-9-6-13(20-22)15(16,17)18/h6,9,11-12H,3-5,7-8,10H2,1-2H3,(H,19,23)/t11-/m1/s1. The molecule has 24 heavy (non-hydrogen) atoms. The van der Waals surface area contributed by atoms with Gasteiger partial charge in [0.15, 0.2) is 5.69 Å². The van der Waals surface area contributed by atoms with Crippen LogP contribution in [0.15, 0.2) is 12.3 Å². The van der Waals surface area contributed by atoms with Gasteiger partial charge in [0.1, 0.15) is 0 Å². The molecule has 1 fully saturated rings. The van der Waals surface area contributed by atoms with Crippen molar-refractivity contribution in [2.75, 3.05) is 26.8 Å². The van der Waals surface area contributed by atoms with Crippen molar-refractivity contribution in [2.45, 2.75) is 44.4 Å². The number of likely N-dealkylation sites (tertiary alicyclic amines) is 1. The molecule has 2 rings (SSSR count). The van der Waals surface area contributed by atoms with Crippen LogP contribution in [0.4, 0.5) is 18.0 Å². The van der Waals surface area contributed by atoms with Crippen LogP contribution in [-0.2, 0) is 10.9 Å². The summed E-state index contributed by atoms with van der Waals surface area (Å²) in [4.78, 5) is 13.9. The number of nitrogens with one attached hydrogen (secondary N) is 1. The lowest BCUT2D eigenvalue weighted by Gasteiger charge is -2.33. The lowest BCUT2D eigenvalue weighted by atomic mass is 10.1. The van der Waals surface area contributed by atoms with Gasteiger partial charge in [-0.05, 0) is 25.3 Å². The number of halogens is 3. The fourth-order valence-electron chi connectivity index (χ4n) is 2.75. The number of hydrogen-bond donors (Lipinski definition) is 1. The highest BCUT2D eigenvalue weighted by molar-refractivity contribution is 5.74. The Morgan fingerprint density at radius 1 is 1.46 bits per heavy atom. The summed E-state index contributed by atoms with van der Waals surface area (Å²) in [6, 6.07) is 0.663. The molecule has 2 heterocycles. The van der Waals surface area contributed by atoms with Crippen LogP contribution in [0.5, 0.6) is 0 Å². The first-order valence-electron chi connectivity index (χ1n) is 8.01. The SMILES string of the molecule is CC[C@H](COC)NC(=O)N1CCC(n2ccc(C(F)(F)F)n2)CC1. The predicted octanol–water partition coefficient (Wildman–Crippen LogP) is 2.67. The molecule has 0 unspecified atom stereocenters. The molecule has 6 nitrogen and oxygen atoms in total. The number of hydrogen-bond acceptors (Lipinski definition) is 3. The summed E-state index contributed by atoms with van der Waals surface area (Å²) in [5.41, 5.74) is -0.881. The van der Waals surface area contributed by atoms with Gasteiger partial charge in [-0.2, -0.15) is 18.3 Å². The highest BCUT2D eigenvalue weighted by atomic mass is 19.4. The van der Waals surface area contributed by atoms with E-state index in [0.717, 1.165) is 12.5 Å². The molecular weight excluding hydrogens is 325 g/mol. The summed E-state index contributed by atoms with van der Waals surface area (Å²) in [5, 5.41) is 6.52. The molecule has 1 aliphatic heterocycles. The minimum atomic E-state index is -4.43. The summed E-state index contributed by atoms with van der Waals surface area (Å²) in [5.74, 6) is 0. The van der Waals surface area contributed by atoms with Crippen LogP contribution in [0.1, 0.15) is 37.9 Å². The van der Waals surface area contributed by atoms with Crippen LogP contribution in [0.3, 0.4) is 0 Å². The number of alkyl halides is 3. The predicted molar refractivity (Wildman–Crippen MR) is 81.6 cm³/mol. The van der Waals surface area contributed by atoms with Crippen LogP contribution in [0.25, 0.3) is 0 Å². The number of urea groups is 1. The van der Waals surface area contributed by atoms with Gasteiger partial charge in [-0.15, -0.1) is 0 Å². The van der Waals surface area contributed by atoms with Gasteiger partial charge in [-0.25, -0.2) is 4.79 Å². The van der Waals surface area contributed by atoms with Crippen molar-refractivity contribution in [3.05, 3.63) is 18.0 Å². The van der Waals surface area contributed by atoms with E-state index in [9.17, 15) is 18.0 Å². The fourth-order valence-corrected chi connectivity index (χ4v) is 2.75. The van der Waals surface area contributed by atoms with E-state index in [0.29, 0.717) is 32.5 Å². The van der Waals surface area contributed by atoms with Gasteiger partial charge < -0.3 is 15.0 Å². The van der Waals surface area contributed by atoms with E-state index in [1.54, 1.807) is 12.0 Å². The summed E-state index contributed by atoms with van der Waals surface area (Å²) in [6.07, 6.45) is -1.15. The Balaban J connectivity index is 1.87. The van der Waals surface area contributed by atoms with E-state index in [1.165, 1.54) is 10.9 Å². The van der Waals surface area contributed by atoms with E-state index >= 15 is 0 Å². The van der Waals surface area contributed by atoms with Crippen molar-refractivity contribution in [1.82, 2.24) is 20.0 Å². The zero-order valence-electron chi connectivity index (χ0n) is 13.8. The molecule has 1 aromatic rings. The first-order chi connectivity index (χ1) is 11.3. The Bertz CT molecular complexity index is 539. The number of rotatable bonds is 5. The van der Waals surface area contributed by atoms with Crippen LogP contribution in [0.2, 0.25) is 0 Å². The van der Waals surface area contributed by atoms with E-state index in [-0.39, 0.29) is 18.1 Å². The van der Waals surface area contributed by atoms with Crippen LogP contribution >= 0.6 is 0 Å². The third-order valence-electron chi connectivity index (χ3n) is 4.21. The van der Waals surface area contributed by atoms with Crippen molar-refractivity contribution in [1.29, 1.82) is 0 Å². The summed E-state index contributed by atoms with van der Waals surface area (Å²) in [6.45, 7) is 3.39. The zero-order chi connectivity index (χ0) is 17.7. The molecule has 0 aliphatic carbocycles. The highest BCUT2D eigenvalue weighted by Gasteiger charge is 2.34. The molecule has 1 aliphatic rings. The third-order valence-corrected chi connectivity index (χ3v) is 4.21. The van der Waals surface area contributed by atoms with Crippen molar-refractivity contribution < 1.29 is 22.7 Å². The van der Waals surface area contributed by atoms with Crippen molar-refractivity contribution >= 4 is 6.03 Å². The number of methoxy groups -OCH3 is 1. The number of nitrogens with zero attached hydrogens (tertiary/aromatic N) is 3. The fraction of sp³-hybridized carbons (Fsp3) is 0.733. The lowest BCUT2D eigenvalue weighted by molar-refractivity contribution is -0.141. The molecule has 1 aromatic heterocycles. The monoisotopic (exact) mass is 348 g/mol. The van der Waals surface area contributed by atoms with Gasteiger partial charge in [0.05, 0.1) is 18.7 Å². The van der Waals surface area contributed by atoms with Crippen molar-refractivity contribution in [2.24, 2.45) is 0 Å². The minimum absolute atomic E-state index is 0.0410. The number of piperidine rings is 1. The summed E-state index contributed by atoms with van der Waals surface area (Å²) >= 11 is 0. The van der Waals surface area contributed by atoms with Gasteiger partial charge in [0, 0.05) is 26.4 Å². The normalized spacial score (nSPS) is 17.8. The molecule has 0 radical (unpaired) electrons. The second-order valence-electron chi connectivity index (χ2n) is 5.91. The summed E-state index contributed by atoms with van der Waals surface area (Å²) in [7, 11) is 1.58. The van der Waals surface area contributed by atoms with Gasteiger partial charge in [-0.1, -0.05) is 6.92 Å². The summed E-state index contributed by atoms with van der Waals surface area (Å²) < 4.78 is 44.2. The Labute approximate surface area is 138 Å². The Kier molecular flexibility index (Phi) is 6.09.